The average molecular weight is 286 g/mol. The van der Waals surface area contributed by atoms with E-state index in [9.17, 15) is 26.7 Å². The Bertz CT molecular complexity index is 661. The summed E-state index contributed by atoms with van der Waals surface area (Å²) in [6.07, 6.45) is -4.95. The number of rotatable bonds is 2. The average Bonchev–Trinajstić information content (AvgIpc) is 2.38. The highest BCUT2D eigenvalue weighted by Gasteiger charge is 2.35. The first-order valence-corrected chi connectivity index (χ1v) is 5.46. The van der Waals surface area contributed by atoms with Crippen LogP contribution in [0.1, 0.15) is 15.9 Å². The molecule has 0 aliphatic carbocycles. The van der Waals surface area contributed by atoms with Crippen molar-refractivity contribution in [2.24, 2.45) is 0 Å². The molecule has 0 spiro atoms. The zero-order chi connectivity index (χ0) is 14.9. The Hall–Kier alpha value is -2.24. The SMILES string of the molecule is O=Cc1c(C(F)(F)F)ccc(F)c1-c1ccccc1F. The van der Waals surface area contributed by atoms with Gasteiger partial charge in [-0.2, -0.15) is 13.2 Å². The van der Waals surface area contributed by atoms with Crippen molar-refractivity contribution in [3.8, 4) is 11.1 Å². The van der Waals surface area contributed by atoms with E-state index in [4.69, 9.17) is 0 Å². The number of carbonyl (C=O) groups is 1. The summed E-state index contributed by atoms with van der Waals surface area (Å²) in [5.74, 6) is -2.00. The van der Waals surface area contributed by atoms with Crippen LogP contribution in [0.5, 0.6) is 0 Å². The Balaban J connectivity index is 2.83. The lowest BCUT2D eigenvalue weighted by Crippen LogP contribution is -2.11. The number of carbonyl (C=O) groups excluding carboxylic acids is 1. The molecule has 6 heteroatoms. The maximum atomic E-state index is 13.8. The van der Waals surface area contributed by atoms with E-state index in [2.05, 4.69) is 0 Å². The molecule has 0 radical (unpaired) electrons. The van der Waals surface area contributed by atoms with Crippen LogP contribution in [-0.4, -0.2) is 6.29 Å². The molecule has 0 saturated heterocycles. The van der Waals surface area contributed by atoms with E-state index in [-0.39, 0.29) is 6.29 Å². The minimum Gasteiger partial charge on any atom is -0.298 e. The first-order chi connectivity index (χ1) is 9.36. The Kier molecular flexibility index (Phi) is 3.57. The van der Waals surface area contributed by atoms with Crippen molar-refractivity contribution in [2.45, 2.75) is 6.18 Å². The molecule has 0 aliphatic rings. The Labute approximate surface area is 110 Å². The molecule has 2 aromatic rings. The van der Waals surface area contributed by atoms with Gasteiger partial charge in [-0.3, -0.25) is 4.79 Å². The molecule has 0 aliphatic heterocycles. The van der Waals surface area contributed by atoms with Crippen LogP contribution in [0.15, 0.2) is 36.4 Å². The largest absolute Gasteiger partial charge is 0.417 e. The van der Waals surface area contributed by atoms with Crippen molar-refractivity contribution >= 4 is 6.29 Å². The molecule has 0 aromatic heterocycles. The first-order valence-electron chi connectivity index (χ1n) is 5.46. The van der Waals surface area contributed by atoms with Gasteiger partial charge in [0.05, 0.1) is 5.56 Å². The van der Waals surface area contributed by atoms with E-state index in [1.54, 1.807) is 0 Å². The Morgan fingerprint density at radius 1 is 0.900 bits per heavy atom. The number of aldehydes is 1. The topological polar surface area (TPSA) is 17.1 Å². The van der Waals surface area contributed by atoms with Crippen LogP contribution in [0.4, 0.5) is 22.0 Å². The summed E-state index contributed by atoms with van der Waals surface area (Å²) in [6, 6.07) is 5.77. The predicted octanol–water partition coefficient (Wildman–Crippen LogP) is 4.46. The third-order valence-electron chi connectivity index (χ3n) is 2.76. The van der Waals surface area contributed by atoms with Crippen molar-refractivity contribution in [3.63, 3.8) is 0 Å². The zero-order valence-corrected chi connectivity index (χ0v) is 9.84. The standard InChI is InChI=1S/C14H7F5O/c15-11-4-2-1-3-8(11)13-9(7-20)10(14(17,18)19)5-6-12(13)16/h1-7H. The summed E-state index contributed by atoms with van der Waals surface area (Å²) in [7, 11) is 0. The van der Waals surface area contributed by atoms with Gasteiger partial charge in [-0.1, -0.05) is 18.2 Å². The van der Waals surface area contributed by atoms with Gasteiger partial charge >= 0.3 is 6.18 Å². The monoisotopic (exact) mass is 286 g/mol. The van der Waals surface area contributed by atoms with E-state index in [1.807, 2.05) is 0 Å². The molecule has 0 amide bonds. The van der Waals surface area contributed by atoms with Crippen molar-refractivity contribution in [1.29, 1.82) is 0 Å². The number of hydrogen-bond donors (Lipinski definition) is 0. The minimum atomic E-state index is -4.83. The summed E-state index contributed by atoms with van der Waals surface area (Å²) < 4.78 is 65.8. The summed E-state index contributed by atoms with van der Waals surface area (Å²) in [6.45, 7) is 0. The molecule has 0 bridgehead atoms. The van der Waals surface area contributed by atoms with Crippen LogP contribution in [0, 0.1) is 11.6 Å². The van der Waals surface area contributed by atoms with Crippen molar-refractivity contribution < 1.29 is 26.7 Å². The molecule has 2 rings (SSSR count). The summed E-state index contributed by atoms with van der Waals surface area (Å²) in [4.78, 5) is 10.9. The lowest BCUT2D eigenvalue weighted by atomic mass is 9.95. The lowest BCUT2D eigenvalue weighted by molar-refractivity contribution is -0.137. The van der Waals surface area contributed by atoms with Crippen molar-refractivity contribution in [1.82, 2.24) is 0 Å². The van der Waals surface area contributed by atoms with Gasteiger partial charge in [0.2, 0.25) is 0 Å². The first kappa shape index (κ1) is 14.2. The predicted molar refractivity (Wildman–Crippen MR) is 62.2 cm³/mol. The van der Waals surface area contributed by atoms with E-state index in [1.165, 1.54) is 12.1 Å². The number of hydrogen-bond acceptors (Lipinski definition) is 1. The molecule has 0 N–H and O–H groups in total. The van der Waals surface area contributed by atoms with E-state index >= 15 is 0 Å². The van der Waals surface area contributed by atoms with Gasteiger partial charge in [0, 0.05) is 16.7 Å². The number of alkyl halides is 3. The fourth-order valence-corrected chi connectivity index (χ4v) is 1.90. The highest BCUT2D eigenvalue weighted by molar-refractivity contribution is 5.90. The summed E-state index contributed by atoms with van der Waals surface area (Å²) >= 11 is 0. The Morgan fingerprint density at radius 2 is 1.55 bits per heavy atom. The second-order valence-electron chi connectivity index (χ2n) is 3.98. The maximum absolute atomic E-state index is 13.8. The Morgan fingerprint density at radius 3 is 2.10 bits per heavy atom. The molecule has 0 unspecified atom stereocenters. The van der Waals surface area contributed by atoms with Gasteiger partial charge in [0.25, 0.3) is 0 Å². The van der Waals surface area contributed by atoms with Crippen LogP contribution in [0.3, 0.4) is 0 Å². The van der Waals surface area contributed by atoms with Gasteiger partial charge in [0.1, 0.15) is 11.6 Å². The van der Waals surface area contributed by atoms with Crippen LogP contribution in [-0.2, 0) is 6.18 Å². The molecule has 0 fully saturated rings. The second-order valence-corrected chi connectivity index (χ2v) is 3.98. The summed E-state index contributed by atoms with van der Waals surface area (Å²) in [5, 5.41) is 0. The molecule has 0 atom stereocenters. The van der Waals surface area contributed by atoms with Crippen LogP contribution >= 0.6 is 0 Å². The second kappa shape index (κ2) is 5.03. The molecule has 1 nitrogen and oxygen atoms in total. The normalized spacial score (nSPS) is 11.4. The molecule has 104 valence electrons. The molecule has 0 saturated carbocycles. The molecule has 2 aromatic carbocycles. The maximum Gasteiger partial charge on any atom is 0.417 e. The van der Waals surface area contributed by atoms with Crippen LogP contribution < -0.4 is 0 Å². The third kappa shape index (κ3) is 2.41. The molecular weight excluding hydrogens is 279 g/mol. The molecular formula is C14H7F5O. The number of benzene rings is 2. The van der Waals surface area contributed by atoms with Crippen molar-refractivity contribution in [2.75, 3.05) is 0 Å². The molecule has 20 heavy (non-hydrogen) atoms. The van der Waals surface area contributed by atoms with Gasteiger partial charge in [-0.25, -0.2) is 8.78 Å². The summed E-state index contributed by atoms with van der Waals surface area (Å²) in [5.41, 5.74) is -3.29. The fraction of sp³-hybridized carbons (Fsp3) is 0.0714. The fourth-order valence-electron chi connectivity index (χ4n) is 1.90. The van der Waals surface area contributed by atoms with Crippen molar-refractivity contribution in [3.05, 3.63) is 59.2 Å². The quantitative estimate of drug-likeness (QED) is 0.588. The lowest BCUT2D eigenvalue weighted by Gasteiger charge is -2.14. The number of halogens is 5. The van der Waals surface area contributed by atoms with E-state index in [0.717, 1.165) is 12.1 Å². The van der Waals surface area contributed by atoms with Gasteiger partial charge < -0.3 is 0 Å². The minimum absolute atomic E-state index is 0.117. The highest BCUT2D eigenvalue weighted by Crippen LogP contribution is 2.37. The van der Waals surface area contributed by atoms with Gasteiger partial charge in [0.15, 0.2) is 6.29 Å². The van der Waals surface area contributed by atoms with E-state index < -0.39 is 40.1 Å². The highest BCUT2D eigenvalue weighted by atomic mass is 19.4. The van der Waals surface area contributed by atoms with Gasteiger partial charge in [-0.05, 0) is 18.2 Å². The smallest absolute Gasteiger partial charge is 0.298 e. The zero-order valence-electron chi connectivity index (χ0n) is 9.84. The van der Waals surface area contributed by atoms with Gasteiger partial charge in [-0.15, -0.1) is 0 Å². The van der Waals surface area contributed by atoms with Crippen LogP contribution in [0.2, 0.25) is 0 Å². The van der Waals surface area contributed by atoms with E-state index in [0.29, 0.717) is 12.1 Å². The molecule has 0 heterocycles. The third-order valence-corrected chi connectivity index (χ3v) is 2.76. The van der Waals surface area contributed by atoms with Crippen LogP contribution in [0.25, 0.3) is 11.1 Å².